The summed E-state index contributed by atoms with van der Waals surface area (Å²) in [5.74, 6) is -0.721. The van der Waals surface area contributed by atoms with Crippen LogP contribution in [0.15, 0.2) is 0 Å². The van der Waals surface area contributed by atoms with Gasteiger partial charge in [-0.3, -0.25) is 14.5 Å². The number of carboxylic acid groups (broad SMARTS) is 1. The molecule has 0 aromatic carbocycles. The molecule has 82 valence electrons. The molecule has 0 amide bonds. The molecule has 0 rings (SSSR count). The smallest absolute Gasteiger partial charge is 0.304 e. The fraction of sp³-hybridized carbons (Fsp3) is 0.800. The number of rotatable bonds is 8. The molecule has 0 atom stereocenters. The number of Topliss-reactive ketones (excluding diaryl/α,β-unsaturated/α-hetero) is 1. The molecule has 0 bridgehead atoms. The minimum Gasteiger partial charge on any atom is -0.481 e. The SMILES string of the molecule is CCCCN(CCC(=O)O)CC(C)=O. The lowest BCUT2D eigenvalue weighted by molar-refractivity contribution is -0.137. The van der Waals surface area contributed by atoms with Gasteiger partial charge in [-0.15, -0.1) is 0 Å². The molecule has 0 aliphatic carbocycles. The van der Waals surface area contributed by atoms with Crippen LogP contribution in [0.4, 0.5) is 0 Å². The first-order valence-electron chi connectivity index (χ1n) is 4.99. The Morgan fingerprint density at radius 1 is 1.29 bits per heavy atom. The number of carbonyl (C=O) groups is 2. The molecule has 0 radical (unpaired) electrons. The normalized spacial score (nSPS) is 10.5. The average Bonchev–Trinajstić information content (AvgIpc) is 2.09. The number of ketones is 1. The summed E-state index contributed by atoms with van der Waals surface area (Å²) >= 11 is 0. The van der Waals surface area contributed by atoms with Crippen LogP contribution >= 0.6 is 0 Å². The third-order valence-corrected chi connectivity index (χ3v) is 1.92. The van der Waals surface area contributed by atoms with E-state index in [0.29, 0.717) is 13.1 Å². The Labute approximate surface area is 84.9 Å². The molecule has 0 saturated carbocycles. The first-order valence-corrected chi connectivity index (χ1v) is 4.99. The summed E-state index contributed by atoms with van der Waals surface area (Å²) in [6.07, 6.45) is 2.17. The van der Waals surface area contributed by atoms with Crippen LogP contribution in [-0.4, -0.2) is 41.4 Å². The Balaban J connectivity index is 3.83. The van der Waals surface area contributed by atoms with E-state index in [2.05, 4.69) is 6.92 Å². The van der Waals surface area contributed by atoms with Gasteiger partial charge in [0.2, 0.25) is 0 Å². The van der Waals surface area contributed by atoms with Crippen LogP contribution in [0.5, 0.6) is 0 Å². The number of carbonyl (C=O) groups excluding carboxylic acids is 1. The number of hydrogen-bond donors (Lipinski definition) is 1. The minimum absolute atomic E-state index is 0.0893. The molecule has 0 heterocycles. The van der Waals surface area contributed by atoms with Crippen molar-refractivity contribution in [2.24, 2.45) is 0 Å². The first kappa shape index (κ1) is 13.1. The van der Waals surface area contributed by atoms with E-state index >= 15 is 0 Å². The Kier molecular flexibility index (Phi) is 7.02. The number of aliphatic carboxylic acids is 1. The molecular weight excluding hydrogens is 182 g/mol. The van der Waals surface area contributed by atoms with Gasteiger partial charge in [0, 0.05) is 6.54 Å². The van der Waals surface area contributed by atoms with Crippen molar-refractivity contribution >= 4 is 11.8 Å². The van der Waals surface area contributed by atoms with E-state index in [1.165, 1.54) is 6.92 Å². The van der Waals surface area contributed by atoms with E-state index in [9.17, 15) is 9.59 Å². The monoisotopic (exact) mass is 201 g/mol. The number of hydrogen-bond acceptors (Lipinski definition) is 3. The Morgan fingerprint density at radius 3 is 2.36 bits per heavy atom. The van der Waals surface area contributed by atoms with Gasteiger partial charge in [0.25, 0.3) is 0 Å². The van der Waals surface area contributed by atoms with Gasteiger partial charge in [0.05, 0.1) is 13.0 Å². The lowest BCUT2D eigenvalue weighted by atomic mass is 10.2. The second-order valence-electron chi connectivity index (χ2n) is 3.48. The summed E-state index contributed by atoms with van der Waals surface area (Å²) in [6, 6.07) is 0. The number of nitrogens with zero attached hydrogens (tertiary/aromatic N) is 1. The fourth-order valence-electron chi connectivity index (χ4n) is 1.22. The van der Waals surface area contributed by atoms with Crippen molar-refractivity contribution in [2.75, 3.05) is 19.6 Å². The number of unbranched alkanes of at least 4 members (excludes halogenated alkanes) is 1. The van der Waals surface area contributed by atoms with Crippen molar-refractivity contribution < 1.29 is 14.7 Å². The van der Waals surface area contributed by atoms with Crippen molar-refractivity contribution in [3.8, 4) is 0 Å². The van der Waals surface area contributed by atoms with Crippen molar-refractivity contribution in [1.82, 2.24) is 4.90 Å². The first-order chi connectivity index (χ1) is 6.56. The molecule has 0 aliphatic rings. The zero-order valence-electron chi connectivity index (χ0n) is 8.95. The van der Waals surface area contributed by atoms with Crippen LogP contribution in [-0.2, 0) is 9.59 Å². The Bertz CT molecular complexity index is 192. The quantitative estimate of drug-likeness (QED) is 0.640. The molecule has 0 saturated heterocycles. The molecule has 0 unspecified atom stereocenters. The molecule has 0 spiro atoms. The third-order valence-electron chi connectivity index (χ3n) is 1.92. The van der Waals surface area contributed by atoms with Crippen LogP contribution in [0, 0.1) is 0 Å². The Morgan fingerprint density at radius 2 is 1.93 bits per heavy atom. The highest BCUT2D eigenvalue weighted by molar-refractivity contribution is 5.77. The molecule has 0 aromatic rings. The zero-order valence-corrected chi connectivity index (χ0v) is 8.95. The van der Waals surface area contributed by atoms with Gasteiger partial charge < -0.3 is 5.11 Å². The van der Waals surface area contributed by atoms with Gasteiger partial charge in [-0.05, 0) is 19.9 Å². The van der Waals surface area contributed by atoms with Crippen LogP contribution in [0.25, 0.3) is 0 Å². The lowest BCUT2D eigenvalue weighted by Gasteiger charge is -2.19. The van der Waals surface area contributed by atoms with Gasteiger partial charge >= 0.3 is 5.97 Å². The van der Waals surface area contributed by atoms with E-state index in [0.717, 1.165) is 19.4 Å². The number of carboxylic acids is 1. The van der Waals surface area contributed by atoms with Gasteiger partial charge in [-0.1, -0.05) is 13.3 Å². The highest BCUT2D eigenvalue weighted by atomic mass is 16.4. The third kappa shape index (κ3) is 7.73. The molecule has 1 N–H and O–H groups in total. The molecule has 4 nitrogen and oxygen atoms in total. The summed E-state index contributed by atoms with van der Waals surface area (Å²) in [6.45, 7) is 5.24. The van der Waals surface area contributed by atoms with E-state index in [1.54, 1.807) is 0 Å². The molecule has 0 aromatic heterocycles. The second kappa shape index (κ2) is 7.50. The molecule has 14 heavy (non-hydrogen) atoms. The maximum Gasteiger partial charge on any atom is 0.304 e. The average molecular weight is 201 g/mol. The molecule has 4 heteroatoms. The van der Waals surface area contributed by atoms with E-state index < -0.39 is 5.97 Å². The van der Waals surface area contributed by atoms with Gasteiger partial charge in [0.1, 0.15) is 5.78 Å². The maximum absolute atomic E-state index is 10.9. The summed E-state index contributed by atoms with van der Waals surface area (Å²) < 4.78 is 0. The van der Waals surface area contributed by atoms with Crippen molar-refractivity contribution in [3.05, 3.63) is 0 Å². The van der Waals surface area contributed by atoms with Crippen molar-refractivity contribution in [1.29, 1.82) is 0 Å². The second-order valence-corrected chi connectivity index (χ2v) is 3.48. The van der Waals surface area contributed by atoms with Crippen molar-refractivity contribution in [2.45, 2.75) is 33.1 Å². The van der Waals surface area contributed by atoms with Crippen LogP contribution < -0.4 is 0 Å². The Hall–Kier alpha value is -0.900. The summed E-state index contributed by atoms with van der Waals surface area (Å²) in [7, 11) is 0. The molecule has 0 fully saturated rings. The summed E-state index contributed by atoms with van der Waals surface area (Å²) in [5, 5.41) is 8.51. The highest BCUT2D eigenvalue weighted by Crippen LogP contribution is 1.97. The zero-order chi connectivity index (χ0) is 11.0. The van der Waals surface area contributed by atoms with E-state index in [1.807, 2.05) is 4.90 Å². The molecule has 0 aliphatic heterocycles. The van der Waals surface area contributed by atoms with Gasteiger partial charge in [-0.25, -0.2) is 0 Å². The maximum atomic E-state index is 10.9. The van der Waals surface area contributed by atoms with Crippen LogP contribution in [0.2, 0.25) is 0 Å². The molecular formula is C10H19NO3. The lowest BCUT2D eigenvalue weighted by Crippen LogP contribution is -2.31. The predicted molar refractivity (Wildman–Crippen MR) is 54.3 cm³/mol. The summed E-state index contributed by atoms with van der Waals surface area (Å²) in [4.78, 5) is 23.1. The van der Waals surface area contributed by atoms with Crippen LogP contribution in [0.1, 0.15) is 33.1 Å². The van der Waals surface area contributed by atoms with E-state index in [4.69, 9.17) is 5.11 Å². The standard InChI is InChI=1S/C10H19NO3/c1-3-4-6-11(8-9(2)12)7-5-10(13)14/h3-8H2,1-2H3,(H,13,14). The summed E-state index contributed by atoms with van der Waals surface area (Å²) in [5.41, 5.74) is 0. The van der Waals surface area contributed by atoms with Gasteiger partial charge in [-0.2, -0.15) is 0 Å². The highest BCUT2D eigenvalue weighted by Gasteiger charge is 2.08. The van der Waals surface area contributed by atoms with Crippen molar-refractivity contribution in [3.63, 3.8) is 0 Å². The topological polar surface area (TPSA) is 57.6 Å². The van der Waals surface area contributed by atoms with Gasteiger partial charge in [0.15, 0.2) is 0 Å². The minimum atomic E-state index is -0.810. The van der Waals surface area contributed by atoms with E-state index in [-0.39, 0.29) is 12.2 Å². The largest absolute Gasteiger partial charge is 0.481 e. The predicted octanol–water partition coefficient (Wildman–Crippen LogP) is 1.15. The van der Waals surface area contributed by atoms with Crippen LogP contribution in [0.3, 0.4) is 0 Å². The fourth-order valence-corrected chi connectivity index (χ4v) is 1.22.